The first kappa shape index (κ1) is 11.4. The molecule has 2 aromatic rings. The van der Waals surface area contributed by atoms with Gasteiger partial charge in [-0.1, -0.05) is 0 Å². The molecule has 0 saturated heterocycles. The van der Waals surface area contributed by atoms with Crippen LogP contribution in [0.2, 0.25) is 0 Å². The van der Waals surface area contributed by atoms with E-state index >= 15 is 0 Å². The van der Waals surface area contributed by atoms with Gasteiger partial charge in [0.05, 0.1) is 11.3 Å². The highest BCUT2D eigenvalue weighted by atomic mass is 19.1. The van der Waals surface area contributed by atoms with Gasteiger partial charge in [0.1, 0.15) is 17.3 Å². The van der Waals surface area contributed by atoms with Crippen LogP contribution in [0.1, 0.15) is 21.7 Å². The van der Waals surface area contributed by atoms with Gasteiger partial charge in [0.2, 0.25) is 5.78 Å². The molecule has 0 fully saturated rings. The molecule has 0 unspecified atom stereocenters. The fraction of sp³-hybridized carbons (Fsp3) is 0.167. The second-order valence-corrected chi connectivity index (χ2v) is 3.75. The van der Waals surface area contributed by atoms with E-state index in [4.69, 9.17) is 0 Å². The quantitative estimate of drug-likeness (QED) is 0.749. The average Bonchev–Trinajstić information content (AvgIpc) is 2.57. The highest BCUT2D eigenvalue weighted by Gasteiger charge is 2.18. The second kappa shape index (κ2) is 4.08. The van der Waals surface area contributed by atoms with Crippen LogP contribution in [-0.4, -0.2) is 15.6 Å². The molecule has 0 aliphatic rings. The summed E-state index contributed by atoms with van der Waals surface area (Å²) in [4.78, 5) is 12.0. The van der Waals surface area contributed by atoms with Crippen LogP contribution in [0.15, 0.2) is 24.3 Å². The molecule has 5 heteroatoms. The predicted molar refractivity (Wildman–Crippen MR) is 57.7 cm³/mol. The molecule has 17 heavy (non-hydrogen) atoms. The molecule has 0 spiro atoms. The lowest BCUT2D eigenvalue weighted by Gasteiger charge is -2.02. The Morgan fingerprint density at radius 2 is 2.00 bits per heavy atom. The smallest absolute Gasteiger partial charge is 0.213 e. The molecule has 0 N–H and O–H groups in total. The van der Waals surface area contributed by atoms with Crippen molar-refractivity contribution in [3.8, 4) is 0 Å². The zero-order valence-corrected chi connectivity index (χ0v) is 9.37. The summed E-state index contributed by atoms with van der Waals surface area (Å²) < 4.78 is 27.5. The van der Waals surface area contributed by atoms with Crippen molar-refractivity contribution in [2.45, 2.75) is 6.92 Å². The van der Waals surface area contributed by atoms with Gasteiger partial charge in [0, 0.05) is 13.1 Å². The van der Waals surface area contributed by atoms with Gasteiger partial charge in [-0.2, -0.15) is 5.10 Å². The van der Waals surface area contributed by atoms with Crippen molar-refractivity contribution < 1.29 is 13.6 Å². The number of rotatable bonds is 2. The van der Waals surface area contributed by atoms with E-state index in [2.05, 4.69) is 5.10 Å². The van der Waals surface area contributed by atoms with Crippen LogP contribution in [0.5, 0.6) is 0 Å². The largest absolute Gasteiger partial charge is 0.287 e. The highest BCUT2D eigenvalue weighted by molar-refractivity contribution is 6.08. The van der Waals surface area contributed by atoms with Crippen LogP contribution >= 0.6 is 0 Å². The fourth-order valence-corrected chi connectivity index (χ4v) is 1.63. The minimum Gasteiger partial charge on any atom is -0.287 e. The van der Waals surface area contributed by atoms with Crippen LogP contribution in [0.4, 0.5) is 8.78 Å². The number of hydrogen-bond acceptors (Lipinski definition) is 2. The molecule has 0 aliphatic heterocycles. The summed E-state index contributed by atoms with van der Waals surface area (Å²) in [6.45, 7) is 1.73. The molecular weight excluding hydrogens is 226 g/mol. The van der Waals surface area contributed by atoms with E-state index < -0.39 is 17.4 Å². The average molecular weight is 236 g/mol. The first-order valence-corrected chi connectivity index (χ1v) is 4.99. The monoisotopic (exact) mass is 236 g/mol. The van der Waals surface area contributed by atoms with E-state index in [1.54, 1.807) is 20.0 Å². The summed E-state index contributed by atoms with van der Waals surface area (Å²) >= 11 is 0. The molecule has 0 saturated carbocycles. The number of aromatic nitrogens is 2. The Bertz CT molecular complexity index is 590. The Hall–Kier alpha value is -2.04. The van der Waals surface area contributed by atoms with Crippen LogP contribution < -0.4 is 0 Å². The van der Waals surface area contributed by atoms with Crippen molar-refractivity contribution >= 4 is 5.78 Å². The molecule has 1 heterocycles. The number of aryl methyl sites for hydroxylation is 2. The number of hydrogen-bond donors (Lipinski definition) is 0. The highest BCUT2D eigenvalue weighted by Crippen LogP contribution is 2.15. The molecule has 0 atom stereocenters. The number of nitrogens with zero attached hydrogens (tertiary/aromatic N) is 2. The van der Waals surface area contributed by atoms with Crippen LogP contribution in [0.3, 0.4) is 0 Å². The molecule has 0 radical (unpaired) electrons. The van der Waals surface area contributed by atoms with E-state index in [-0.39, 0.29) is 11.3 Å². The van der Waals surface area contributed by atoms with Gasteiger partial charge in [-0.25, -0.2) is 8.78 Å². The zero-order chi connectivity index (χ0) is 12.6. The Labute approximate surface area is 96.7 Å². The van der Waals surface area contributed by atoms with E-state index in [1.807, 2.05) is 0 Å². The molecule has 3 nitrogen and oxygen atoms in total. The lowest BCUT2D eigenvalue weighted by Crippen LogP contribution is -2.10. The Kier molecular flexibility index (Phi) is 2.75. The molecule has 1 aromatic carbocycles. The van der Waals surface area contributed by atoms with E-state index in [0.717, 1.165) is 12.1 Å². The van der Waals surface area contributed by atoms with Gasteiger partial charge >= 0.3 is 0 Å². The maximum atomic E-state index is 13.4. The Balaban J connectivity index is 2.47. The molecule has 0 aliphatic carbocycles. The standard InChI is InChI=1S/C12H10F2N2O/c1-7-5-11(16(2)15-7)12(17)9-4-3-8(13)6-10(9)14/h3-6H,1-2H3. The molecule has 88 valence electrons. The van der Waals surface area contributed by atoms with Gasteiger partial charge < -0.3 is 0 Å². The number of benzene rings is 1. The van der Waals surface area contributed by atoms with Gasteiger partial charge in [0.25, 0.3) is 0 Å². The van der Waals surface area contributed by atoms with Crippen molar-refractivity contribution in [1.82, 2.24) is 9.78 Å². The summed E-state index contributed by atoms with van der Waals surface area (Å²) in [7, 11) is 1.60. The van der Waals surface area contributed by atoms with E-state index in [1.165, 1.54) is 4.68 Å². The SMILES string of the molecule is Cc1cc(C(=O)c2ccc(F)cc2F)n(C)n1. The number of carbonyl (C=O) groups excluding carboxylic acids is 1. The van der Waals surface area contributed by atoms with Crippen LogP contribution in [0, 0.1) is 18.6 Å². The van der Waals surface area contributed by atoms with Gasteiger partial charge in [0.15, 0.2) is 0 Å². The van der Waals surface area contributed by atoms with Crippen molar-refractivity contribution in [3.63, 3.8) is 0 Å². The van der Waals surface area contributed by atoms with E-state index in [9.17, 15) is 13.6 Å². The summed E-state index contributed by atoms with van der Waals surface area (Å²) in [6.07, 6.45) is 0. The molecular formula is C12H10F2N2O. The zero-order valence-electron chi connectivity index (χ0n) is 9.37. The van der Waals surface area contributed by atoms with Crippen molar-refractivity contribution in [2.75, 3.05) is 0 Å². The Morgan fingerprint density at radius 1 is 1.29 bits per heavy atom. The third-order valence-corrected chi connectivity index (χ3v) is 2.41. The van der Waals surface area contributed by atoms with Gasteiger partial charge in [-0.15, -0.1) is 0 Å². The summed E-state index contributed by atoms with van der Waals surface area (Å²) in [6, 6.07) is 4.44. The summed E-state index contributed by atoms with van der Waals surface area (Å²) in [5.41, 5.74) is 0.778. The number of halogens is 2. The minimum absolute atomic E-state index is 0.158. The maximum Gasteiger partial charge on any atom is 0.213 e. The summed E-state index contributed by atoms with van der Waals surface area (Å²) in [5.74, 6) is -2.08. The first-order chi connectivity index (χ1) is 7.99. The predicted octanol–water partition coefficient (Wildman–Crippen LogP) is 2.24. The Morgan fingerprint density at radius 3 is 2.53 bits per heavy atom. The molecule has 0 bridgehead atoms. The normalized spacial score (nSPS) is 10.6. The van der Waals surface area contributed by atoms with Gasteiger partial charge in [-0.3, -0.25) is 9.48 Å². The molecule has 2 rings (SSSR count). The molecule has 1 aromatic heterocycles. The second-order valence-electron chi connectivity index (χ2n) is 3.75. The summed E-state index contributed by atoms with van der Waals surface area (Å²) in [5, 5.41) is 4.00. The first-order valence-electron chi connectivity index (χ1n) is 4.99. The third-order valence-electron chi connectivity index (χ3n) is 2.41. The fourth-order valence-electron chi connectivity index (χ4n) is 1.63. The minimum atomic E-state index is -0.867. The van der Waals surface area contributed by atoms with Gasteiger partial charge in [-0.05, 0) is 25.1 Å². The molecule has 0 amide bonds. The number of carbonyl (C=O) groups is 1. The topological polar surface area (TPSA) is 34.9 Å². The van der Waals surface area contributed by atoms with Crippen molar-refractivity contribution in [2.24, 2.45) is 7.05 Å². The van der Waals surface area contributed by atoms with Crippen molar-refractivity contribution in [1.29, 1.82) is 0 Å². The lowest BCUT2D eigenvalue weighted by atomic mass is 10.1. The van der Waals surface area contributed by atoms with Crippen molar-refractivity contribution in [3.05, 3.63) is 52.9 Å². The van der Waals surface area contributed by atoms with Crippen LogP contribution in [0.25, 0.3) is 0 Å². The van der Waals surface area contributed by atoms with Crippen LogP contribution in [-0.2, 0) is 7.05 Å². The lowest BCUT2D eigenvalue weighted by molar-refractivity contribution is 0.102. The number of ketones is 1. The third kappa shape index (κ3) is 2.08. The maximum absolute atomic E-state index is 13.4. The van der Waals surface area contributed by atoms with E-state index in [0.29, 0.717) is 11.8 Å².